The maximum atomic E-state index is 14.3. The molecule has 0 spiro atoms. The Hall–Kier alpha value is -5.46. The number of nitrogens with two attached hydrogens (primary N) is 1. The minimum atomic E-state index is -3.75. The molecule has 18 heteroatoms. The van der Waals surface area contributed by atoms with E-state index in [1.165, 1.54) is 29.0 Å². The van der Waals surface area contributed by atoms with Crippen LogP contribution in [-0.4, -0.2) is 51.8 Å². The Morgan fingerprint density at radius 3 is 2.43 bits per heavy atom. The average molecular weight is 879 g/mol. The number of sulfonamides is 1. The number of rotatable bonds is 18. The average Bonchev–Trinajstić information content (AvgIpc) is 3.43. The zero-order valence-corrected chi connectivity index (χ0v) is 34.5. The van der Waals surface area contributed by atoms with Gasteiger partial charge in [0, 0.05) is 31.9 Å². The lowest BCUT2D eigenvalue weighted by Gasteiger charge is -2.21. The molecule has 0 bridgehead atoms. The van der Waals surface area contributed by atoms with Gasteiger partial charge in [-0.05, 0) is 96.1 Å². The van der Waals surface area contributed by atoms with Crippen LogP contribution < -0.4 is 32.1 Å². The Balaban J connectivity index is 0.929. The molecule has 3 amide bonds. The Morgan fingerprint density at radius 1 is 0.983 bits per heavy atom. The third kappa shape index (κ3) is 9.62. The van der Waals surface area contributed by atoms with Crippen molar-refractivity contribution in [1.29, 1.82) is 0 Å². The van der Waals surface area contributed by atoms with E-state index in [0.29, 0.717) is 40.6 Å². The van der Waals surface area contributed by atoms with Gasteiger partial charge in [-0.1, -0.05) is 50.3 Å². The zero-order chi connectivity index (χ0) is 41.6. The number of hydrogen-bond acceptors (Lipinski definition) is 10. The van der Waals surface area contributed by atoms with Crippen molar-refractivity contribution in [2.45, 2.75) is 82.1 Å². The van der Waals surface area contributed by atoms with Gasteiger partial charge in [0.15, 0.2) is 0 Å². The summed E-state index contributed by atoms with van der Waals surface area (Å²) < 4.78 is 46.7. The Bertz CT molecular complexity index is 2540. The topological polar surface area (TPSA) is 212 Å². The molecule has 306 valence electrons. The molecule has 1 saturated heterocycles. The maximum Gasteiger partial charge on any atom is 0.329 e. The molecule has 0 saturated carbocycles. The molecule has 1 unspecified atom stereocenters. The van der Waals surface area contributed by atoms with E-state index >= 15 is 0 Å². The number of carbonyl (C=O) groups excluding carboxylic acids is 3. The molecule has 58 heavy (non-hydrogen) atoms. The maximum absolute atomic E-state index is 14.3. The number of benzene rings is 3. The summed E-state index contributed by atoms with van der Waals surface area (Å²) in [6, 6.07) is 13.8. The Morgan fingerprint density at radius 2 is 1.71 bits per heavy atom. The summed E-state index contributed by atoms with van der Waals surface area (Å²) in [6.07, 6.45) is 9.31. The van der Waals surface area contributed by atoms with Crippen LogP contribution in [-0.2, 0) is 33.1 Å². The molecule has 1 fully saturated rings. The van der Waals surface area contributed by atoms with Gasteiger partial charge in [-0.3, -0.25) is 28.8 Å². The number of halogens is 2. The van der Waals surface area contributed by atoms with Crippen LogP contribution in [0, 0.1) is 12.7 Å². The predicted molar refractivity (Wildman–Crippen MR) is 222 cm³/mol. The predicted octanol–water partition coefficient (Wildman–Crippen LogP) is 6.16. The molecule has 3 heterocycles. The number of imidazole rings is 1. The number of amides is 3. The molecule has 1 atom stereocenters. The van der Waals surface area contributed by atoms with Crippen molar-refractivity contribution in [3.63, 3.8) is 0 Å². The summed E-state index contributed by atoms with van der Waals surface area (Å²) >= 11 is 3.35. The van der Waals surface area contributed by atoms with E-state index in [2.05, 4.69) is 46.6 Å². The number of nitrogens with zero attached hydrogens (tertiary/aromatic N) is 4. The van der Waals surface area contributed by atoms with Crippen LogP contribution in [0.1, 0.15) is 85.3 Å². The van der Waals surface area contributed by atoms with Crippen molar-refractivity contribution in [2.75, 3.05) is 17.2 Å². The number of unbranched alkanes of at least 4 members (excludes halogenated alkanes) is 6. The third-order valence-electron chi connectivity index (χ3n) is 10.1. The minimum Gasteiger partial charge on any atom is -0.365 e. The second-order valence-electron chi connectivity index (χ2n) is 14.2. The SMILES string of the molecule is Cc1cc(S(=O)(=O)NCCCCCCCCCc2cccc3c2n(C)c(=O)n3C2CCC(=O)NC2=O)ccc1Nc1ncc(Br)c(Nc2cccc(F)c2C(N)=O)n1. The van der Waals surface area contributed by atoms with Gasteiger partial charge in [0.2, 0.25) is 27.8 Å². The number of hydrogen-bond donors (Lipinski definition) is 5. The second kappa shape index (κ2) is 18.4. The molecule has 1 aliphatic rings. The van der Waals surface area contributed by atoms with Crippen molar-refractivity contribution >= 4 is 77.8 Å². The smallest absolute Gasteiger partial charge is 0.329 e. The highest BCUT2D eigenvalue weighted by Crippen LogP contribution is 2.30. The lowest BCUT2D eigenvalue weighted by Crippen LogP contribution is -2.44. The van der Waals surface area contributed by atoms with Gasteiger partial charge >= 0.3 is 5.69 Å². The van der Waals surface area contributed by atoms with E-state index in [0.717, 1.165) is 62.1 Å². The van der Waals surface area contributed by atoms with Crippen molar-refractivity contribution in [3.05, 3.63) is 98.3 Å². The summed E-state index contributed by atoms with van der Waals surface area (Å²) in [6.45, 7) is 2.07. The molecule has 0 aliphatic carbocycles. The van der Waals surface area contributed by atoms with Crippen LogP contribution in [0.4, 0.5) is 27.5 Å². The fourth-order valence-electron chi connectivity index (χ4n) is 7.15. The highest BCUT2D eigenvalue weighted by molar-refractivity contribution is 9.10. The van der Waals surface area contributed by atoms with Crippen molar-refractivity contribution in [2.24, 2.45) is 12.8 Å². The summed E-state index contributed by atoms with van der Waals surface area (Å²) in [5, 5.41) is 8.33. The van der Waals surface area contributed by atoms with Crippen LogP contribution in [0.5, 0.6) is 0 Å². The number of piperidine rings is 1. The summed E-state index contributed by atoms with van der Waals surface area (Å²) in [7, 11) is -2.03. The number of fused-ring (bicyclic) bond motifs is 1. The molecule has 2 aromatic heterocycles. The summed E-state index contributed by atoms with van der Waals surface area (Å²) in [5.41, 5.74) is 8.69. The summed E-state index contributed by atoms with van der Waals surface area (Å²) in [5.74, 6) is -2.06. The number of para-hydroxylation sites is 1. The minimum absolute atomic E-state index is 0.128. The van der Waals surface area contributed by atoms with Gasteiger partial charge < -0.3 is 16.4 Å². The standard InChI is InChI=1S/C40H45BrFN9O6S/c1-24-22-26(17-18-29(24)47-39-44-23-27(41)37(49-39)46-30-15-11-14-28(42)34(30)36(43)53)58(56,57)45-21-9-7-5-3-4-6-8-12-25-13-10-16-31-35(25)50(2)40(55)51(31)32-19-20-33(52)48-38(32)54/h10-11,13-18,22-23,32,45H,3-9,12,19-21H2,1-2H3,(H2,43,53)(H,48,52,54)(H2,44,46,47,49). The number of nitrogens with one attached hydrogen (secondary N) is 4. The number of imide groups is 1. The van der Waals surface area contributed by atoms with Crippen LogP contribution in [0.2, 0.25) is 0 Å². The van der Waals surface area contributed by atoms with Crippen LogP contribution in [0.3, 0.4) is 0 Å². The molecular formula is C40H45BrFN9O6S. The molecule has 5 aromatic rings. The van der Waals surface area contributed by atoms with Gasteiger partial charge in [-0.25, -0.2) is 27.3 Å². The van der Waals surface area contributed by atoms with E-state index in [4.69, 9.17) is 5.73 Å². The first kappa shape index (κ1) is 42.2. The molecule has 6 rings (SSSR count). The molecule has 1 aliphatic heterocycles. The number of aromatic nitrogens is 4. The lowest BCUT2D eigenvalue weighted by atomic mass is 10.0. The highest BCUT2D eigenvalue weighted by atomic mass is 79.9. The van der Waals surface area contributed by atoms with Gasteiger partial charge in [-0.15, -0.1) is 0 Å². The van der Waals surface area contributed by atoms with E-state index in [1.54, 1.807) is 30.7 Å². The van der Waals surface area contributed by atoms with Crippen LogP contribution in [0.25, 0.3) is 11.0 Å². The Labute approximate surface area is 343 Å². The van der Waals surface area contributed by atoms with Gasteiger partial charge in [0.25, 0.3) is 5.91 Å². The first-order chi connectivity index (χ1) is 27.7. The molecule has 0 radical (unpaired) electrons. The van der Waals surface area contributed by atoms with Gasteiger partial charge in [-0.2, -0.15) is 4.98 Å². The zero-order valence-electron chi connectivity index (χ0n) is 32.1. The highest BCUT2D eigenvalue weighted by Gasteiger charge is 2.31. The first-order valence-electron chi connectivity index (χ1n) is 19.0. The van der Waals surface area contributed by atoms with E-state index in [-0.39, 0.29) is 45.9 Å². The fraction of sp³-hybridized carbons (Fsp3) is 0.350. The normalized spacial score (nSPS) is 14.4. The van der Waals surface area contributed by atoms with Crippen molar-refractivity contribution < 1.29 is 27.2 Å². The quantitative estimate of drug-likeness (QED) is 0.0500. The number of anilines is 4. The number of primary amides is 1. The molecule has 15 nitrogen and oxygen atoms in total. The van der Waals surface area contributed by atoms with Crippen molar-refractivity contribution in [1.82, 2.24) is 29.1 Å². The van der Waals surface area contributed by atoms with Gasteiger partial charge in [0.1, 0.15) is 17.7 Å². The fourth-order valence-corrected chi connectivity index (χ4v) is 8.60. The number of aryl methyl sites for hydroxylation is 3. The van der Waals surface area contributed by atoms with E-state index < -0.39 is 33.7 Å². The summed E-state index contributed by atoms with van der Waals surface area (Å²) in [4.78, 5) is 58.0. The second-order valence-corrected chi connectivity index (χ2v) is 16.9. The molecular weight excluding hydrogens is 833 g/mol. The van der Waals surface area contributed by atoms with Crippen LogP contribution in [0.15, 0.2) is 75.0 Å². The first-order valence-corrected chi connectivity index (χ1v) is 21.3. The van der Waals surface area contributed by atoms with Crippen molar-refractivity contribution in [3.8, 4) is 0 Å². The van der Waals surface area contributed by atoms with E-state index in [9.17, 15) is 32.0 Å². The van der Waals surface area contributed by atoms with E-state index in [1.807, 2.05) is 18.2 Å². The van der Waals surface area contributed by atoms with Crippen LogP contribution >= 0.6 is 15.9 Å². The lowest BCUT2D eigenvalue weighted by molar-refractivity contribution is -0.135. The molecule has 6 N–H and O–H groups in total. The van der Waals surface area contributed by atoms with Gasteiger partial charge in [0.05, 0.1) is 31.7 Å². The third-order valence-corrected chi connectivity index (χ3v) is 12.2. The monoisotopic (exact) mass is 877 g/mol. The number of carbonyl (C=O) groups is 3. The Kier molecular flexibility index (Phi) is 13.4. The largest absolute Gasteiger partial charge is 0.365 e. The molecule has 3 aromatic carbocycles.